The number of nitrogens with one attached hydrogen (secondary N) is 2. The lowest BCUT2D eigenvalue weighted by Crippen LogP contribution is -2.43. The van der Waals surface area contributed by atoms with Crippen LogP contribution in [0.4, 0.5) is 0 Å². The van der Waals surface area contributed by atoms with Crippen molar-refractivity contribution in [3.63, 3.8) is 0 Å². The fourth-order valence-electron chi connectivity index (χ4n) is 1.98. The second kappa shape index (κ2) is 11.7. The molecule has 0 bridgehead atoms. The third-order valence-electron chi connectivity index (χ3n) is 3.44. The van der Waals surface area contributed by atoms with E-state index in [1.165, 1.54) is 12.0 Å². The highest BCUT2D eigenvalue weighted by atomic mass is 127. The average molecular weight is 453 g/mol. The fourth-order valence-corrected chi connectivity index (χ4v) is 2.83. The van der Waals surface area contributed by atoms with Gasteiger partial charge in [0.15, 0.2) is 5.96 Å². The maximum absolute atomic E-state index is 11.0. The highest BCUT2D eigenvalue weighted by Gasteiger charge is 2.21. The number of carbonyl (C=O) groups is 1. The van der Waals surface area contributed by atoms with Gasteiger partial charge in [-0.15, -0.1) is 35.3 Å². The van der Waals surface area contributed by atoms with Gasteiger partial charge in [0, 0.05) is 36.9 Å². The minimum Gasteiger partial charge on any atom is -0.469 e. The molecule has 0 aliphatic carbocycles. The molecule has 0 saturated carbocycles. The Labute approximate surface area is 160 Å². The molecular formula is C16H28IN3O2S. The van der Waals surface area contributed by atoms with Crippen molar-refractivity contribution in [1.29, 1.82) is 0 Å². The quantitative estimate of drug-likeness (QED) is 0.209. The van der Waals surface area contributed by atoms with Crippen LogP contribution in [0.25, 0.3) is 0 Å². The molecule has 0 spiro atoms. The number of nitrogens with zero attached hydrogens (tertiary/aromatic N) is 1. The Morgan fingerprint density at radius 3 is 2.65 bits per heavy atom. The van der Waals surface area contributed by atoms with Crippen LogP contribution in [0.1, 0.15) is 38.0 Å². The van der Waals surface area contributed by atoms with Gasteiger partial charge in [0.05, 0.1) is 7.11 Å². The number of guanidine groups is 1. The number of methoxy groups -OCH3 is 1. The molecule has 0 aliphatic rings. The summed E-state index contributed by atoms with van der Waals surface area (Å²) in [5.41, 5.74) is 0.0661. The van der Waals surface area contributed by atoms with Crippen molar-refractivity contribution in [3.05, 3.63) is 22.4 Å². The van der Waals surface area contributed by atoms with E-state index < -0.39 is 0 Å². The Morgan fingerprint density at radius 2 is 2.09 bits per heavy atom. The molecular weight excluding hydrogens is 425 g/mol. The molecule has 0 aliphatic heterocycles. The maximum atomic E-state index is 11.0. The summed E-state index contributed by atoms with van der Waals surface area (Å²) >= 11 is 1.77. The second-order valence-electron chi connectivity index (χ2n) is 5.75. The minimum absolute atomic E-state index is 0. The summed E-state index contributed by atoms with van der Waals surface area (Å²) in [5.74, 6) is 0.642. The summed E-state index contributed by atoms with van der Waals surface area (Å²) in [6.07, 6.45) is 2.19. The zero-order valence-electron chi connectivity index (χ0n) is 14.3. The summed E-state index contributed by atoms with van der Waals surface area (Å²) in [6.45, 7) is 6.04. The number of carbonyl (C=O) groups excluding carboxylic acids is 1. The Hall–Kier alpha value is -0.830. The zero-order chi connectivity index (χ0) is 16.4. The van der Waals surface area contributed by atoms with Gasteiger partial charge in [-0.05, 0) is 24.3 Å². The number of ether oxygens (including phenoxy) is 1. The van der Waals surface area contributed by atoms with E-state index in [1.54, 1.807) is 18.4 Å². The number of thiophene rings is 1. The summed E-state index contributed by atoms with van der Waals surface area (Å²) < 4.78 is 4.62. The predicted molar refractivity (Wildman–Crippen MR) is 108 cm³/mol. The second-order valence-corrected chi connectivity index (χ2v) is 6.69. The lowest BCUT2D eigenvalue weighted by atomic mass is 9.91. The molecule has 2 N–H and O–H groups in total. The smallest absolute Gasteiger partial charge is 0.305 e. The van der Waals surface area contributed by atoms with E-state index in [1.807, 2.05) is 0 Å². The normalized spacial score (nSPS) is 11.6. The third-order valence-corrected chi connectivity index (χ3v) is 4.67. The molecule has 0 fully saturated rings. The Balaban J connectivity index is 0.00000484. The van der Waals surface area contributed by atoms with Gasteiger partial charge in [-0.3, -0.25) is 9.79 Å². The molecule has 1 aromatic heterocycles. The van der Waals surface area contributed by atoms with Crippen molar-refractivity contribution in [2.24, 2.45) is 4.99 Å². The Bertz CT molecular complexity index is 476. The van der Waals surface area contributed by atoms with Crippen LogP contribution in [0.3, 0.4) is 0 Å². The van der Waals surface area contributed by atoms with Gasteiger partial charge in [0.2, 0.25) is 0 Å². The van der Waals surface area contributed by atoms with Crippen LogP contribution in [0.2, 0.25) is 0 Å². The molecule has 5 nitrogen and oxygen atoms in total. The molecule has 7 heteroatoms. The number of unbranched alkanes of at least 4 members (excludes halogenated alkanes) is 1. The molecule has 23 heavy (non-hydrogen) atoms. The minimum atomic E-state index is -0.153. The molecule has 1 rings (SSSR count). The summed E-state index contributed by atoms with van der Waals surface area (Å²) in [5, 5.41) is 8.73. The van der Waals surface area contributed by atoms with Gasteiger partial charge in [-0.2, -0.15) is 0 Å². The lowest BCUT2D eigenvalue weighted by molar-refractivity contribution is -0.140. The first kappa shape index (κ1) is 22.2. The predicted octanol–water partition coefficient (Wildman–Crippen LogP) is 3.15. The van der Waals surface area contributed by atoms with E-state index in [9.17, 15) is 4.79 Å². The first-order chi connectivity index (χ1) is 10.5. The number of hydrogen-bond donors (Lipinski definition) is 2. The topological polar surface area (TPSA) is 62.7 Å². The number of esters is 1. The van der Waals surface area contributed by atoms with E-state index in [0.29, 0.717) is 6.42 Å². The Kier molecular flexibility index (Phi) is 11.2. The molecule has 0 saturated heterocycles. The summed E-state index contributed by atoms with van der Waals surface area (Å²) in [4.78, 5) is 16.6. The van der Waals surface area contributed by atoms with E-state index in [-0.39, 0.29) is 35.4 Å². The fraction of sp³-hybridized carbons (Fsp3) is 0.625. The van der Waals surface area contributed by atoms with Crippen LogP contribution in [-0.4, -0.2) is 39.2 Å². The molecule has 132 valence electrons. The van der Waals surface area contributed by atoms with Crippen LogP contribution in [0.15, 0.2) is 22.5 Å². The van der Waals surface area contributed by atoms with Gasteiger partial charge >= 0.3 is 5.97 Å². The molecule has 0 radical (unpaired) electrons. The zero-order valence-corrected chi connectivity index (χ0v) is 17.5. The molecule has 0 atom stereocenters. The van der Waals surface area contributed by atoms with Crippen LogP contribution in [-0.2, 0) is 14.9 Å². The van der Waals surface area contributed by atoms with Crippen LogP contribution >= 0.6 is 35.3 Å². The van der Waals surface area contributed by atoms with Crippen LogP contribution < -0.4 is 10.6 Å². The van der Waals surface area contributed by atoms with Gasteiger partial charge in [-0.1, -0.05) is 19.9 Å². The highest BCUT2D eigenvalue weighted by Crippen LogP contribution is 2.26. The van der Waals surface area contributed by atoms with Gasteiger partial charge in [0.25, 0.3) is 0 Å². The maximum Gasteiger partial charge on any atom is 0.305 e. The summed E-state index contributed by atoms with van der Waals surface area (Å²) in [7, 11) is 3.18. The molecule has 0 amide bonds. The molecule has 1 heterocycles. The van der Waals surface area contributed by atoms with Crippen molar-refractivity contribution < 1.29 is 9.53 Å². The summed E-state index contributed by atoms with van der Waals surface area (Å²) in [6, 6.07) is 4.24. The van der Waals surface area contributed by atoms with E-state index in [0.717, 1.165) is 31.9 Å². The molecule has 1 aromatic rings. The molecule has 0 aromatic carbocycles. The number of hydrogen-bond acceptors (Lipinski definition) is 4. The van der Waals surface area contributed by atoms with Gasteiger partial charge < -0.3 is 15.4 Å². The first-order valence-corrected chi connectivity index (χ1v) is 8.43. The van der Waals surface area contributed by atoms with Crippen molar-refractivity contribution in [3.8, 4) is 0 Å². The number of rotatable bonds is 8. The van der Waals surface area contributed by atoms with E-state index >= 15 is 0 Å². The van der Waals surface area contributed by atoms with Crippen molar-refractivity contribution in [1.82, 2.24) is 10.6 Å². The average Bonchev–Trinajstić information content (AvgIpc) is 3.04. The molecule has 0 unspecified atom stereocenters. The third kappa shape index (κ3) is 8.55. The first-order valence-electron chi connectivity index (χ1n) is 7.55. The Morgan fingerprint density at radius 1 is 1.35 bits per heavy atom. The van der Waals surface area contributed by atoms with Crippen LogP contribution in [0, 0.1) is 0 Å². The SMILES string of the molecule is CN=C(NCCCCC(=O)OC)NCC(C)(C)c1cccs1.I. The van der Waals surface area contributed by atoms with Crippen molar-refractivity contribution >= 4 is 47.2 Å². The van der Waals surface area contributed by atoms with Crippen molar-refractivity contribution in [2.75, 3.05) is 27.2 Å². The van der Waals surface area contributed by atoms with E-state index in [2.05, 4.69) is 51.7 Å². The van der Waals surface area contributed by atoms with Crippen molar-refractivity contribution in [2.45, 2.75) is 38.5 Å². The van der Waals surface area contributed by atoms with Crippen LogP contribution in [0.5, 0.6) is 0 Å². The van der Waals surface area contributed by atoms with E-state index in [4.69, 9.17) is 0 Å². The standard InChI is InChI=1S/C16H27N3O2S.HI/c1-16(2,13-8-7-11-22-13)12-19-15(17-3)18-10-6-5-9-14(20)21-4;/h7-8,11H,5-6,9-10,12H2,1-4H3,(H2,17,18,19);1H. The van der Waals surface area contributed by atoms with Gasteiger partial charge in [0.1, 0.15) is 0 Å². The number of halogens is 1. The lowest BCUT2D eigenvalue weighted by Gasteiger charge is -2.25. The largest absolute Gasteiger partial charge is 0.469 e. The van der Waals surface area contributed by atoms with Gasteiger partial charge in [-0.25, -0.2) is 0 Å². The monoisotopic (exact) mass is 453 g/mol. The highest BCUT2D eigenvalue weighted by molar-refractivity contribution is 14.0. The number of aliphatic imine (C=N–C) groups is 1.